The third-order valence-corrected chi connectivity index (χ3v) is 4.26. The predicted octanol–water partition coefficient (Wildman–Crippen LogP) is 4.84. The van der Waals surface area contributed by atoms with E-state index >= 15 is 0 Å². The van der Waals surface area contributed by atoms with Crippen molar-refractivity contribution in [3.63, 3.8) is 0 Å². The quantitative estimate of drug-likeness (QED) is 0.565. The number of Topliss-reactive ketones (excluding diaryl/α,β-unsaturated/α-hetero) is 1. The van der Waals surface area contributed by atoms with Crippen molar-refractivity contribution in [1.82, 2.24) is 4.90 Å². The van der Waals surface area contributed by atoms with Crippen LogP contribution in [0.5, 0.6) is 0 Å². The number of benzene rings is 2. The van der Waals surface area contributed by atoms with Crippen LogP contribution in [0.2, 0.25) is 0 Å². The molecule has 0 aliphatic carbocycles. The number of likely N-dealkylation sites (N-methyl/N-ethyl adjacent to an activating group) is 1. The molecule has 0 N–H and O–H groups in total. The molecule has 0 heterocycles. The van der Waals surface area contributed by atoms with Crippen molar-refractivity contribution in [1.29, 1.82) is 0 Å². The number of halogens is 3. The van der Waals surface area contributed by atoms with Crippen LogP contribution in [0.25, 0.3) is 0 Å². The van der Waals surface area contributed by atoms with Crippen molar-refractivity contribution in [2.45, 2.75) is 38.9 Å². The van der Waals surface area contributed by atoms with Gasteiger partial charge in [-0.25, -0.2) is 0 Å². The van der Waals surface area contributed by atoms with E-state index in [0.717, 1.165) is 17.7 Å². The summed E-state index contributed by atoms with van der Waals surface area (Å²) >= 11 is 0. The lowest BCUT2D eigenvalue weighted by Gasteiger charge is -2.19. The molecule has 0 saturated heterocycles. The number of amides is 1. The summed E-state index contributed by atoms with van der Waals surface area (Å²) < 4.78 is 37.8. The molecule has 2 aromatic carbocycles. The van der Waals surface area contributed by atoms with E-state index < -0.39 is 23.4 Å². The molecule has 144 valence electrons. The van der Waals surface area contributed by atoms with Crippen molar-refractivity contribution < 1.29 is 22.8 Å². The molecule has 2 rings (SSSR count). The maximum Gasteiger partial charge on any atom is 0.416 e. The molecule has 0 saturated carbocycles. The van der Waals surface area contributed by atoms with Gasteiger partial charge in [0.05, 0.1) is 5.56 Å². The van der Waals surface area contributed by atoms with E-state index in [1.54, 1.807) is 12.1 Å². The van der Waals surface area contributed by atoms with Crippen LogP contribution in [0.3, 0.4) is 0 Å². The fourth-order valence-electron chi connectivity index (χ4n) is 2.56. The second-order valence-corrected chi connectivity index (χ2v) is 7.51. The molecule has 0 radical (unpaired) electrons. The van der Waals surface area contributed by atoms with Gasteiger partial charge in [0.15, 0.2) is 0 Å². The van der Waals surface area contributed by atoms with E-state index in [1.807, 2.05) is 32.9 Å². The molecule has 0 fully saturated rings. The monoisotopic (exact) mass is 377 g/mol. The molecule has 3 nitrogen and oxygen atoms in total. The van der Waals surface area contributed by atoms with Gasteiger partial charge < -0.3 is 4.90 Å². The number of hydrogen-bond acceptors (Lipinski definition) is 2. The zero-order valence-electron chi connectivity index (χ0n) is 15.7. The molecule has 0 unspecified atom stereocenters. The summed E-state index contributed by atoms with van der Waals surface area (Å²) in [6.45, 7) is 6.19. The minimum Gasteiger partial charge on any atom is -0.335 e. The van der Waals surface area contributed by atoms with E-state index in [-0.39, 0.29) is 17.5 Å². The molecule has 27 heavy (non-hydrogen) atoms. The Balaban J connectivity index is 2.07. The number of ketones is 1. The molecule has 2 aromatic rings. The summed E-state index contributed by atoms with van der Waals surface area (Å²) in [5.41, 5.74) is 1.02. The SMILES string of the molecule is CN(Cc1ccc(C(F)(F)F)cc1)C(=O)C(=O)c1ccc(C(C)(C)C)cc1. The van der Waals surface area contributed by atoms with Crippen LogP contribution in [-0.4, -0.2) is 23.6 Å². The van der Waals surface area contributed by atoms with Gasteiger partial charge in [0.2, 0.25) is 5.78 Å². The highest BCUT2D eigenvalue weighted by molar-refractivity contribution is 6.42. The van der Waals surface area contributed by atoms with Gasteiger partial charge in [0.1, 0.15) is 0 Å². The first-order valence-corrected chi connectivity index (χ1v) is 8.46. The first kappa shape index (κ1) is 20.7. The Kier molecular flexibility index (Phi) is 5.78. The fraction of sp³-hybridized carbons (Fsp3) is 0.333. The van der Waals surface area contributed by atoms with E-state index in [4.69, 9.17) is 0 Å². The Hall–Kier alpha value is -2.63. The fourth-order valence-corrected chi connectivity index (χ4v) is 2.56. The average Bonchev–Trinajstić information content (AvgIpc) is 2.59. The maximum atomic E-state index is 12.6. The highest BCUT2D eigenvalue weighted by atomic mass is 19.4. The lowest BCUT2D eigenvalue weighted by molar-refractivity contribution is -0.137. The van der Waals surface area contributed by atoms with Crippen LogP contribution in [0.4, 0.5) is 13.2 Å². The van der Waals surface area contributed by atoms with Crippen LogP contribution in [-0.2, 0) is 22.9 Å². The zero-order chi connectivity index (χ0) is 20.4. The normalized spacial score (nSPS) is 12.0. The average molecular weight is 377 g/mol. The lowest BCUT2D eigenvalue weighted by atomic mass is 9.86. The lowest BCUT2D eigenvalue weighted by Crippen LogP contribution is -2.33. The van der Waals surface area contributed by atoms with Crippen molar-refractivity contribution in [2.24, 2.45) is 0 Å². The van der Waals surface area contributed by atoms with Crippen molar-refractivity contribution in [2.75, 3.05) is 7.05 Å². The summed E-state index contributed by atoms with van der Waals surface area (Å²) in [6.07, 6.45) is -4.41. The number of hydrogen-bond donors (Lipinski definition) is 0. The second-order valence-electron chi connectivity index (χ2n) is 7.51. The number of carbonyl (C=O) groups is 2. The van der Waals surface area contributed by atoms with Crippen LogP contribution in [0.1, 0.15) is 47.8 Å². The number of nitrogens with zero attached hydrogens (tertiary/aromatic N) is 1. The molecule has 6 heteroatoms. The van der Waals surface area contributed by atoms with Gasteiger partial charge in [-0.2, -0.15) is 13.2 Å². The minimum atomic E-state index is -4.41. The molecule has 0 bridgehead atoms. The highest BCUT2D eigenvalue weighted by Crippen LogP contribution is 2.29. The van der Waals surface area contributed by atoms with Crippen LogP contribution in [0.15, 0.2) is 48.5 Å². The van der Waals surface area contributed by atoms with Gasteiger partial charge in [0, 0.05) is 19.2 Å². The van der Waals surface area contributed by atoms with E-state index in [9.17, 15) is 22.8 Å². The number of carbonyl (C=O) groups excluding carboxylic acids is 2. The summed E-state index contributed by atoms with van der Waals surface area (Å²) in [5.74, 6) is -1.36. The van der Waals surface area contributed by atoms with Gasteiger partial charge in [-0.3, -0.25) is 9.59 Å². The molecule has 0 atom stereocenters. The van der Waals surface area contributed by atoms with Crippen molar-refractivity contribution >= 4 is 11.7 Å². The van der Waals surface area contributed by atoms with E-state index in [1.165, 1.54) is 24.1 Å². The number of alkyl halides is 3. The van der Waals surface area contributed by atoms with Crippen molar-refractivity contribution in [3.8, 4) is 0 Å². The van der Waals surface area contributed by atoms with Gasteiger partial charge in [0.25, 0.3) is 5.91 Å². The van der Waals surface area contributed by atoms with E-state index in [2.05, 4.69) is 0 Å². The Morgan fingerprint density at radius 2 is 1.33 bits per heavy atom. The topological polar surface area (TPSA) is 37.4 Å². The maximum absolute atomic E-state index is 12.6. The second kappa shape index (κ2) is 7.55. The van der Waals surface area contributed by atoms with Gasteiger partial charge >= 0.3 is 6.18 Å². The Labute approximate surface area is 156 Å². The predicted molar refractivity (Wildman–Crippen MR) is 97.4 cm³/mol. The first-order valence-electron chi connectivity index (χ1n) is 8.46. The van der Waals surface area contributed by atoms with Crippen LogP contribution >= 0.6 is 0 Å². The third kappa shape index (κ3) is 5.18. The summed E-state index contributed by atoms with van der Waals surface area (Å²) in [6, 6.07) is 11.4. The van der Waals surface area contributed by atoms with Gasteiger partial charge in [-0.1, -0.05) is 57.2 Å². The molecule has 1 amide bonds. The molecule has 0 aromatic heterocycles. The van der Waals surface area contributed by atoms with Crippen LogP contribution < -0.4 is 0 Å². The summed E-state index contributed by atoms with van der Waals surface area (Å²) in [5, 5.41) is 0. The molecule has 0 aliphatic heterocycles. The largest absolute Gasteiger partial charge is 0.416 e. The number of rotatable bonds is 4. The molecule has 0 spiro atoms. The highest BCUT2D eigenvalue weighted by Gasteiger charge is 2.30. The summed E-state index contributed by atoms with van der Waals surface area (Å²) in [4.78, 5) is 25.9. The van der Waals surface area contributed by atoms with Crippen molar-refractivity contribution in [3.05, 3.63) is 70.8 Å². The zero-order valence-corrected chi connectivity index (χ0v) is 15.7. The Bertz CT molecular complexity index is 816. The standard InChI is InChI=1S/C21H22F3NO2/c1-20(2,3)16-11-7-15(8-12-16)18(26)19(27)25(4)13-14-5-9-17(10-6-14)21(22,23)24/h5-12H,13H2,1-4H3. The van der Waals surface area contributed by atoms with Gasteiger partial charge in [-0.05, 0) is 28.7 Å². The van der Waals surface area contributed by atoms with Crippen LogP contribution in [0, 0.1) is 0 Å². The summed E-state index contributed by atoms with van der Waals surface area (Å²) in [7, 11) is 1.45. The smallest absolute Gasteiger partial charge is 0.335 e. The molecular formula is C21H22F3NO2. The molecule has 0 aliphatic rings. The third-order valence-electron chi connectivity index (χ3n) is 4.26. The Morgan fingerprint density at radius 1 is 0.852 bits per heavy atom. The Morgan fingerprint density at radius 3 is 1.78 bits per heavy atom. The first-order chi connectivity index (χ1) is 12.4. The van der Waals surface area contributed by atoms with Gasteiger partial charge in [-0.15, -0.1) is 0 Å². The molecular weight excluding hydrogens is 355 g/mol. The van der Waals surface area contributed by atoms with E-state index in [0.29, 0.717) is 5.56 Å². The minimum absolute atomic E-state index is 0.0444.